The van der Waals surface area contributed by atoms with E-state index in [1.54, 1.807) is 25.1 Å². The molecule has 124 valence electrons. The van der Waals surface area contributed by atoms with Gasteiger partial charge in [0.15, 0.2) is 0 Å². The van der Waals surface area contributed by atoms with E-state index in [1.807, 2.05) is 6.92 Å². The fraction of sp³-hybridized carbons (Fsp3) is 0.200. The summed E-state index contributed by atoms with van der Waals surface area (Å²) in [5.41, 5.74) is 0.920. The summed E-state index contributed by atoms with van der Waals surface area (Å²) in [6.07, 6.45) is -4.63. The predicted octanol–water partition coefficient (Wildman–Crippen LogP) is 4.89. The van der Waals surface area contributed by atoms with Crippen molar-refractivity contribution in [1.29, 1.82) is 0 Å². The summed E-state index contributed by atoms with van der Waals surface area (Å²) in [6.45, 7) is 3.57. The molecule has 2 rings (SSSR count). The number of rotatable bonds is 3. The number of hydrogen-bond acceptors (Lipinski definition) is 2. The first-order valence-electron chi connectivity index (χ1n) is 6.47. The number of aryl methyl sites for hydroxylation is 2. The molecule has 2 aromatic rings. The van der Waals surface area contributed by atoms with Crippen molar-refractivity contribution in [2.45, 2.75) is 24.9 Å². The summed E-state index contributed by atoms with van der Waals surface area (Å²) in [5.74, 6) is 0. The second kappa shape index (κ2) is 6.16. The van der Waals surface area contributed by atoms with Crippen molar-refractivity contribution in [3.05, 3.63) is 57.6 Å². The molecule has 0 aliphatic rings. The molecule has 2 aromatic carbocycles. The number of nitrogens with one attached hydrogen (secondary N) is 1. The standard InChI is InChI=1S/C15H13BrF3NO2S/c1-9-3-4-14(10(2)5-9)20-23(21,22)13-7-11(15(17,18)19)6-12(16)8-13/h3-8,20H,1-2H3. The van der Waals surface area contributed by atoms with E-state index < -0.39 is 26.7 Å². The Hall–Kier alpha value is -1.54. The van der Waals surface area contributed by atoms with Crippen molar-refractivity contribution >= 4 is 31.6 Å². The van der Waals surface area contributed by atoms with E-state index in [4.69, 9.17) is 0 Å². The highest BCUT2D eigenvalue weighted by atomic mass is 79.9. The zero-order chi connectivity index (χ0) is 17.4. The molecule has 0 spiro atoms. The summed E-state index contributed by atoms with van der Waals surface area (Å²) in [7, 11) is -4.13. The molecule has 0 bridgehead atoms. The normalized spacial score (nSPS) is 12.3. The van der Waals surface area contributed by atoms with Gasteiger partial charge in [0.1, 0.15) is 0 Å². The molecule has 0 radical (unpaired) electrons. The first kappa shape index (κ1) is 17.8. The van der Waals surface area contributed by atoms with Crippen LogP contribution in [0.15, 0.2) is 45.8 Å². The van der Waals surface area contributed by atoms with Crippen LogP contribution < -0.4 is 4.72 Å². The lowest BCUT2D eigenvalue weighted by atomic mass is 10.1. The van der Waals surface area contributed by atoms with Crippen LogP contribution in [0, 0.1) is 13.8 Å². The number of anilines is 1. The van der Waals surface area contributed by atoms with Crippen LogP contribution in [0.3, 0.4) is 0 Å². The molecular formula is C15H13BrF3NO2S. The van der Waals surface area contributed by atoms with Crippen molar-refractivity contribution < 1.29 is 21.6 Å². The molecular weight excluding hydrogens is 395 g/mol. The van der Waals surface area contributed by atoms with Gasteiger partial charge >= 0.3 is 6.18 Å². The first-order chi connectivity index (χ1) is 10.5. The average molecular weight is 408 g/mol. The molecule has 0 saturated heterocycles. The van der Waals surface area contributed by atoms with E-state index in [0.717, 1.165) is 17.7 Å². The number of halogens is 4. The zero-order valence-electron chi connectivity index (χ0n) is 12.2. The van der Waals surface area contributed by atoms with Gasteiger partial charge in [-0.2, -0.15) is 13.2 Å². The second-order valence-corrected chi connectivity index (χ2v) is 7.70. The Labute approximate surface area is 140 Å². The Morgan fingerprint density at radius 1 is 1.04 bits per heavy atom. The van der Waals surface area contributed by atoms with Gasteiger partial charge in [0.05, 0.1) is 16.1 Å². The van der Waals surface area contributed by atoms with Crippen LogP contribution in [-0.4, -0.2) is 8.42 Å². The van der Waals surface area contributed by atoms with Gasteiger partial charge in [-0.15, -0.1) is 0 Å². The Morgan fingerprint density at radius 2 is 1.70 bits per heavy atom. The van der Waals surface area contributed by atoms with Crippen LogP contribution >= 0.6 is 15.9 Å². The monoisotopic (exact) mass is 407 g/mol. The van der Waals surface area contributed by atoms with Crippen LogP contribution in [-0.2, 0) is 16.2 Å². The van der Waals surface area contributed by atoms with E-state index in [0.29, 0.717) is 17.3 Å². The van der Waals surface area contributed by atoms with Crippen LogP contribution in [0.5, 0.6) is 0 Å². The number of alkyl halides is 3. The van der Waals surface area contributed by atoms with Gasteiger partial charge in [-0.3, -0.25) is 4.72 Å². The van der Waals surface area contributed by atoms with Gasteiger partial charge in [-0.05, 0) is 43.7 Å². The summed E-state index contributed by atoms with van der Waals surface area (Å²) in [5, 5.41) is 0. The Morgan fingerprint density at radius 3 is 2.26 bits per heavy atom. The maximum absolute atomic E-state index is 12.8. The summed E-state index contributed by atoms with van der Waals surface area (Å²) in [6, 6.07) is 7.63. The van der Waals surface area contributed by atoms with Crippen LogP contribution in [0.4, 0.5) is 18.9 Å². The number of sulfonamides is 1. The lowest BCUT2D eigenvalue weighted by molar-refractivity contribution is -0.137. The van der Waals surface area contributed by atoms with E-state index in [2.05, 4.69) is 20.7 Å². The van der Waals surface area contributed by atoms with E-state index in [-0.39, 0.29) is 4.47 Å². The maximum Gasteiger partial charge on any atom is 0.416 e. The van der Waals surface area contributed by atoms with Gasteiger partial charge < -0.3 is 0 Å². The third-order valence-electron chi connectivity index (χ3n) is 3.14. The number of benzene rings is 2. The Kier molecular flexibility index (Phi) is 4.77. The highest BCUT2D eigenvalue weighted by Gasteiger charge is 2.32. The quantitative estimate of drug-likeness (QED) is 0.787. The third kappa shape index (κ3) is 4.26. The molecule has 0 aromatic heterocycles. The minimum absolute atomic E-state index is 0.0355. The molecule has 0 aliphatic carbocycles. The average Bonchev–Trinajstić information content (AvgIpc) is 2.40. The summed E-state index contributed by atoms with van der Waals surface area (Å²) < 4.78 is 65.6. The number of hydrogen-bond donors (Lipinski definition) is 1. The molecule has 0 fully saturated rings. The van der Waals surface area contributed by atoms with Crippen molar-refractivity contribution in [2.24, 2.45) is 0 Å². The minimum Gasteiger partial charge on any atom is -0.279 e. The lowest BCUT2D eigenvalue weighted by Crippen LogP contribution is -2.15. The molecule has 0 amide bonds. The Bertz CT molecular complexity index is 848. The smallest absolute Gasteiger partial charge is 0.279 e. The highest BCUT2D eigenvalue weighted by Crippen LogP contribution is 2.33. The van der Waals surface area contributed by atoms with Crippen LogP contribution in [0.25, 0.3) is 0 Å². The third-order valence-corrected chi connectivity index (χ3v) is 4.94. The zero-order valence-corrected chi connectivity index (χ0v) is 14.6. The van der Waals surface area contributed by atoms with E-state index in [1.165, 1.54) is 0 Å². The Balaban J connectivity index is 2.46. The molecule has 0 saturated carbocycles. The molecule has 0 atom stereocenters. The molecule has 0 unspecified atom stereocenters. The lowest BCUT2D eigenvalue weighted by Gasteiger charge is -2.13. The highest BCUT2D eigenvalue weighted by molar-refractivity contribution is 9.10. The van der Waals surface area contributed by atoms with Gasteiger partial charge in [0.2, 0.25) is 0 Å². The van der Waals surface area contributed by atoms with Gasteiger partial charge in [0, 0.05) is 4.47 Å². The molecule has 0 heterocycles. The van der Waals surface area contributed by atoms with E-state index in [9.17, 15) is 21.6 Å². The molecule has 8 heteroatoms. The minimum atomic E-state index is -4.63. The van der Waals surface area contributed by atoms with Crippen molar-refractivity contribution in [3.63, 3.8) is 0 Å². The molecule has 23 heavy (non-hydrogen) atoms. The van der Waals surface area contributed by atoms with Gasteiger partial charge in [-0.25, -0.2) is 8.42 Å². The molecule has 1 N–H and O–H groups in total. The fourth-order valence-electron chi connectivity index (χ4n) is 2.01. The molecule has 3 nitrogen and oxygen atoms in total. The maximum atomic E-state index is 12.8. The second-order valence-electron chi connectivity index (χ2n) is 5.10. The van der Waals surface area contributed by atoms with Crippen LogP contribution in [0.2, 0.25) is 0 Å². The predicted molar refractivity (Wildman–Crippen MR) is 85.9 cm³/mol. The van der Waals surface area contributed by atoms with Crippen molar-refractivity contribution in [1.82, 2.24) is 0 Å². The molecule has 0 aliphatic heterocycles. The largest absolute Gasteiger partial charge is 0.416 e. The topological polar surface area (TPSA) is 46.2 Å². The summed E-state index contributed by atoms with van der Waals surface area (Å²) in [4.78, 5) is -0.459. The van der Waals surface area contributed by atoms with E-state index >= 15 is 0 Å². The van der Waals surface area contributed by atoms with Gasteiger partial charge in [-0.1, -0.05) is 33.6 Å². The van der Waals surface area contributed by atoms with Gasteiger partial charge in [0.25, 0.3) is 10.0 Å². The first-order valence-corrected chi connectivity index (χ1v) is 8.74. The SMILES string of the molecule is Cc1ccc(NS(=O)(=O)c2cc(Br)cc(C(F)(F)F)c2)c(C)c1. The van der Waals surface area contributed by atoms with Crippen molar-refractivity contribution in [3.8, 4) is 0 Å². The van der Waals surface area contributed by atoms with Crippen molar-refractivity contribution in [2.75, 3.05) is 4.72 Å². The van der Waals surface area contributed by atoms with Crippen LogP contribution in [0.1, 0.15) is 16.7 Å². The fourth-order valence-corrected chi connectivity index (χ4v) is 3.86. The summed E-state index contributed by atoms with van der Waals surface area (Å²) >= 11 is 2.92.